The van der Waals surface area contributed by atoms with Crippen LogP contribution in [0.2, 0.25) is 0 Å². The summed E-state index contributed by atoms with van der Waals surface area (Å²) in [5.41, 5.74) is 8.05. The molecule has 0 saturated heterocycles. The Morgan fingerprint density at radius 1 is 0.944 bits per heavy atom. The molecular formula is C18H18. The molecule has 0 heteroatoms. The van der Waals surface area contributed by atoms with E-state index in [4.69, 9.17) is 0 Å². The Balaban J connectivity index is 1.93. The van der Waals surface area contributed by atoms with Crippen LogP contribution in [-0.4, -0.2) is 0 Å². The average Bonchev–Trinajstić information content (AvgIpc) is 2.70. The zero-order valence-electron chi connectivity index (χ0n) is 10.7. The Morgan fingerprint density at radius 2 is 1.89 bits per heavy atom. The molecule has 0 fully saturated rings. The topological polar surface area (TPSA) is 0 Å². The molecule has 0 aromatic carbocycles. The van der Waals surface area contributed by atoms with Gasteiger partial charge in [-0.05, 0) is 54.4 Å². The van der Waals surface area contributed by atoms with E-state index in [0.29, 0.717) is 5.92 Å². The van der Waals surface area contributed by atoms with E-state index in [0.717, 1.165) is 0 Å². The van der Waals surface area contributed by atoms with Gasteiger partial charge in [-0.25, -0.2) is 0 Å². The van der Waals surface area contributed by atoms with Gasteiger partial charge < -0.3 is 0 Å². The zero-order chi connectivity index (χ0) is 11.9. The van der Waals surface area contributed by atoms with Crippen LogP contribution < -0.4 is 0 Å². The second-order valence-corrected chi connectivity index (χ2v) is 5.59. The van der Waals surface area contributed by atoms with Crippen molar-refractivity contribution < 1.29 is 0 Å². The van der Waals surface area contributed by atoms with Gasteiger partial charge in [0.2, 0.25) is 0 Å². The summed E-state index contributed by atoms with van der Waals surface area (Å²) in [6, 6.07) is 0. The molecule has 0 nitrogen and oxygen atoms in total. The number of hydrogen-bond acceptors (Lipinski definition) is 0. The molecule has 0 radical (unpaired) electrons. The molecule has 0 bridgehead atoms. The number of fused-ring (bicyclic) bond motifs is 2. The lowest BCUT2D eigenvalue weighted by Gasteiger charge is -2.24. The Kier molecular flexibility index (Phi) is 2.29. The molecule has 4 rings (SSSR count). The molecule has 0 aliphatic heterocycles. The molecular weight excluding hydrogens is 216 g/mol. The van der Waals surface area contributed by atoms with Crippen LogP contribution in [0.15, 0.2) is 70.4 Å². The van der Waals surface area contributed by atoms with Crippen LogP contribution in [0, 0.1) is 5.92 Å². The van der Waals surface area contributed by atoms with Crippen molar-refractivity contribution in [1.29, 1.82) is 0 Å². The van der Waals surface area contributed by atoms with Gasteiger partial charge in [-0.15, -0.1) is 0 Å². The summed E-state index contributed by atoms with van der Waals surface area (Å²) in [7, 11) is 0. The predicted octanol–water partition coefficient (Wildman–Crippen LogP) is 4.80. The minimum atomic E-state index is 0.697. The molecule has 0 saturated carbocycles. The molecule has 0 amide bonds. The van der Waals surface area contributed by atoms with Crippen molar-refractivity contribution in [2.24, 2.45) is 5.92 Å². The first-order valence-electron chi connectivity index (χ1n) is 7.13. The maximum atomic E-state index is 2.36. The molecule has 90 valence electrons. The van der Waals surface area contributed by atoms with Crippen molar-refractivity contribution in [3.63, 3.8) is 0 Å². The highest BCUT2D eigenvalue weighted by molar-refractivity contribution is 5.66. The van der Waals surface area contributed by atoms with Gasteiger partial charge in [0.25, 0.3) is 0 Å². The van der Waals surface area contributed by atoms with Crippen LogP contribution in [0.1, 0.15) is 32.1 Å². The summed E-state index contributed by atoms with van der Waals surface area (Å²) in [6.07, 6.45) is 22.4. The molecule has 4 aliphatic rings. The molecule has 0 N–H and O–H groups in total. The molecule has 0 aromatic rings. The molecule has 0 spiro atoms. The minimum Gasteiger partial charge on any atom is -0.0830 e. The third kappa shape index (κ3) is 1.38. The standard InChI is InChI=1S/C18H18/c1-2-7-13-8-6-12-17-15-10-5-4-9-14(15)16(11-3-1)18(13)17/h1-3,6-8,11,17H,4-5,9-10,12H2/b2-1-,3-1?,7-2?,11-3-,13-7-,16-11?. The van der Waals surface area contributed by atoms with E-state index < -0.39 is 0 Å². The van der Waals surface area contributed by atoms with Crippen LogP contribution in [0.3, 0.4) is 0 Å². The van der Waals surface area contributed by atoms with Crippen LogP contribution in [-0.2, 0) is 0 Å². The smallest absolute Gasteiger partial charge is 0.0101 e. The van der Waals surface area contributed by atoms with Crippen molar-refractivity contribution in [1.82, 2.24) is 0 Å². The highest BCUT2D eigenvalue weighted by atomic mass is 14.4. The largest absolute Gasteiger partial charge is 0.0830 e. The normalized spacial score (nSPS) is 35.3. The predicted molar refractivity (Wildman–Crippen MR) is 76.1 cm³/mol. The van der Waals surface area contributed by atoms with E-state index in [1.54, 1.807) is 22.3 Å². The van der Waals surface area contributed by atoms with Crippen molar-refractivity contribution in [2.75, 3.05) is 0 Å². The lowest BCUT2D eigenvalue weighted by molar-refractivity contribution is 0.614. The van der Waals surface area contributed by atoms with Gasteiger partial charge in [0.1, 0.15) is 0 Å². The van der Waals surface area contributed by atoms with Gasteiger partial charge in [-0.1, -0.05) is 48.1 Å². The fraction of sp³-hybridized carbons (Fsp3) is 0.333. The molecule has 1 unspecified atom stereocenters. The average molecular weight is 234 g/mol. The summed E-state index contributed by atoms with van der Waals surface area (Å²) in [4.78, 5) is 0. The van der Waals surface area contributed by atoms with E-state index in [2.05, 4.69) is 42.5 Å². The van der Waals surface area contributed by atoms with Crippen LogP contribution >= 0.6 is 0 Å². The van der Waals surface area contributed by atoms with E-state index in [-0.39, 0.29) is 0 Å². The van der Waals surface area contributed by atoms with Crippen molar-refractivity contribution in [3.05, 3.63) is 70.4 Å². The molecule has 4 aliphatic carbocycles. The highest BCUT2D eigenvalue weighted by Gasteiger charge is 2.35. The maximum absolute atomic E-state index is 2.36. The van der Waals surface area contributed by atoms with E-state index in [1.807, 2.05) is 0 Å². The zero-order valence-corrected chi connectivity index (χ0v) is 10.7. The maximum Gasteiger partial charge on any atom is 0.0101 e. The van der Waals surface area contributed by atoms with Gasteiger partial charge in [-0.3, -0.25) is 0 Å². The third-order valence-corrected chi connectivity index (χ3v) is 4.64. The fourth-order valence-corrected chi connectivity index (χ4v) is 3.89. The van der Waals surface area contributed by atoms with Crippen molar-refractivity contribution in [2.45, 2.75) is 32.1 Å². The number of hydrogen-bond donors (Lipinski definition) is 0. The van der Waals surface area contributed by atoms with Crippen LogP contribution in [0.4, 0.5) is 0 Å². The van der Waals surface area contributed by atoms with Gasteiger partial charge in [0.15, 0.2) is 0 Å². The Bertz CT molecular complexity index is 573. The Morgan fingerprint density at radius 3 is 2.89 bits per heavy atom. The fourth-order valence-electron chi connectivity index (χ4n) is 3.89. The van der Waals surface area contributed by atoms with Crippen molar-refractivity contribution >= 4 is 0 Å². The monoisotopic (exact) mass is 234 g/mol. The summed E-state index contributed by atoms with van der Waals surface area (Å²) in [5.74, 6) is 0.697. The van der Waals surface area contributed by atoms with Crippen LogP contribution in [0.5, 0.6) is 0 Å². The summed E-state index contributed by atoms with van der Waals surface area (Å²) in [6.45, 7) is 0. The number of allylic oxidation sites excluding steroid dienone is 12. The first-order valence-corrected chi connectivity index (χ1v) is 7.13. The van der Waals surface area contributed by atoms with Gasteiger partial charge in [-0.2, -0.15) is 0 Å². The molecule has 0 aromatic heterocycles. The van der Waals surface area contributed by atoms with E-state index >= 15 is 0 Å². The quantitative estimate of drug-likeness (QED) is 0.565. The summed E-state index contributed by atoms with van der Waals surface area (Å²) >= 11 is 0. The Hall–Kier alpha value is -1.56. The van der Waals surface area contributed by atoms with E-state index in [1.165, 1.54) is 37.7 Å². The minimum absolute atomic E-state index is 0.697. The summed E-state index contributed by atoms with van der Waals surface area (Å²) < 4.78 is 0. The first kappa shape index (κ1) is 10.4. The second kappa shape index (κ2) is 3.98. The summed E-state index contributed by atoms with van der Waals surface area (Å²) in [5, 5.41) is 0. The first-order chi connectivity index (χ1) is 8.95. The lowest BCUT2D eigenvalue weighted by Crippen LogP contribution is -2.10. The highest BCUT2D eigenvalue weighted by Crippen LogP contribution is 2.50. The van der Waals surface area contributed by atoms with Gasteiger partial charge >= 0.3 is 0 Å². The number of rotatable bonds is 0. The molecule has 1 atom stereocenters. The second-order valence-electron chi connectivity index (χ2n) is 5.59. The lowest BCUT2D eigenvalue weighted by atomic mass is 9.80. The Labute approximate surface area is 109 Å². The van der Waals surface area contributed by atoms with Crippen molar-refractivity contribution in [3.8, 4) is 0 Å². The van der Waals surface area contributed by atoms with Gasteiger partial charge in [0, 0.05) is 5.92 Å². The third-order valence-electron chi connectivity index (χ3n) is 4.64. The SMILES string of the molecule is C1=C/C2=C/C=C\C=C/C3=C2C(C1)C1=C3CCCC1. The van der Waals surface area contributed by atoms with E-state index in [9.17, 15) is 0 Å². The molecule has 18 heavy (non-hydrogen) atoms. The molecule has 0 heterocycles. The van der Waals surface area contributed by atoms with Gasteiger partial charge in [0.05, 0.1) is 0 Å². The van der Waals surface area contributed by atoms with Crippen LogP contribution in [0.25, 0.3) is 0 Å².